The highest BCUT2D eigenvalue weighted by molar-refractivity contribution is 5.64. The lowest BCUT2D eigenvalue weighted by Gasteiger charge is -2.08. The van der Waals surface area contributed by atoms with E-state index in [1.807, 2.05) is 6.07 Å². The van der Waals surface area contributed by atoms with Gasteiger partial charge in [0.1, 0.15) is 24.2 Å². The predicted octanol–water partition coefficient (Wildman–Crippen LogP) is 3.59. The van der Waals surface area contributed by atoms with Crippen LogP contribution >= 0.6 is 0 Å². The van der Waals surface area contributed by atoms with Crippen molar-refractivity contribution in [3.05, 3.63) is 30.9 Å². The fraction of sp³-hybridized carbons (Fsp3) is 0.438. The first-order valence-corrected chi connectivity index (χ1v) is 7.39. The minimum atomic E-state index is 0.115. The third-order valence-corrected chi connectivity index (χ3v) is 3.22. The van der Waals surface area contributed by atoms with Crippen molar-refractivity contribution in [2.75, 3.05) is 6.61 Å². The molecule has 0 bridgehead atoms. The van der Waals surface area contributed by atoms with Gasteiger partial charge in [-0.1, -0.05) is 32.6 Å². The van der Waals surface area contributed by atoms with Gasteiger partial charge in [0.25, 0.3) is 0 Å². The molecule has 2 aromatic rings. The second-order valence-electron chi connectivity index (χ2n) is 4.90. The summed E-state index contributed by atoms with van der Waals surface area (Å²) in [7, 11) is 0. The molecule has 1 heterocycles. The van der Waals surface area contributed by atoms with Crippen LogP contribution in [-0.2, 0) is 0 Å². The summed E-state index contributed by atoms with van der Waals surface area (Å²) in [6, 6.07) is 5.19. The van der Waals surface area contributed by atoms with Gasteiger partial charge < -0.3 is 9.84 Å². The molecule has 0 amide bonds. The summed E-state index contributed by atoms with van der Waals surface area (Å²) >= 11 is 0. The molecule has 1 aromatic carbocycles. The number of rotatable bonds is 8. The minimum Gasteiger partial charge on any atom is -0.507 e. The van der Waals surface area contributed by atoms with Gasteiger partial charge in [-0.15, -0.1) is 0 Å². The molecule has 21 heavy (non-hydrogen) atoms. The van der Waals surface area contributed by atoms with Crippen molar-refractivity contribution in [1.82, 2.24) is 15.0 Å². The molecule has 1 N–H and O–H groups in total. The first kappa shape index (κ1) is 15.2. The molecule has 1 aromatic heterocycles. The molecule has 0 spiro atoms. The molecule has 0 aliphatic rings. The summed E-state index contributed by atoms with van der Waals surface area (Å²) < 4.78 is 5.64. The maximum absolute atomic E-state index is 10.0. The predicted molar refractivity (Wildman–Crippen MR) is 81.2 cm³/mol. The van der Waals surface area contributed by atoms with Crippen LogP contribution in [-0.4, -0.2) is 26.7 Å². The molecule has 0 radical (unpaired) electrons. The highest BCUT2D eigenvalue weighted by Gasteiger charge is 2.08. The molecule has 112 valence electrons. The van der Waals surface area contributed by atoms with Gasteiger partial charge in [-0.3, -0.25) is 0 Å². The zero-order valence-electron chi connectivity index (χ0n) is 12.3. The number of phenolic OH excluding ortho intramolecular Hbond substituents is 1. The number of unbranched alkanes of at least 4 members (excludes halogenated alkanes) is 4. The summed E-state index contributed by atoms with van der Waals surface area (Å²) in [5, 5.41) is 10.0. The Kier molecular flexibility index (Phi) is 5.94. The van der Waals surface area contributed by atoms with Gasteiger partial charge in [-0.25, -0.2) is 15.0 Å². The molecular formula is C16H21N3O2. The standard InChI is InChI=1S/C16H21N3O2/c1-2-3-4-5-6-9-21-13-7-8-14(15(20)10-13)16-18-11-17-12-19-16/h7-8,10-12,20H,2-6,9H2,1H3. The second kappa shape index (κ2) is 8.19. The molecule has 2 rings (SSSR count). The lowest BCUT2D eigenvalue weighted by Crippen LogP contribution is -1.97. The van der Waals surface area contributed by atoms with Crippen LogP contribution in [0.4, 0.5) is 0 Å². The maximum Gasteiger partial charge on any atom is 0.166 e. The average Bonchev–Trinajstić information content (AvgIpc) is 2.52. The van der Waals surface area contributed by atoms with Gasteiger partial charge >= 0.3 is 0 Å². The number of hydrogen-bond acceptors (Lipinski definition) is 5. The van der Waals surface area contributed by atoms with Crippen molar-refractivity contribution < 1.29 is 9.84 Å². The Labute approximate surface area is 125 Å². The Hall–Kier alpha value is -2.17. The van der Waals surface area contributed by atoms with Crippen LogP contribution in [0.1, 0.15) is 39.0 Å². The van der Waals surface area contributed by atoms with Gasteiger partial charge in [0.15, 0.2) is 5.82 Å². The van der Waals surface area contributed by atoms with E-state index in [4.69, 9.17) is 4.74 Å². The van der Waals surface area contributed by atoms with E-state index < -0.39 is 0 Å². The Morgan fingerprint density at radius 1 is 1.05 bits per heavy atom. The number of hydrogen-bond donors (Lipinski definition) is 1. The largest absolute Gasteiger partial charge is 0.507 e. The zero-order chi connectivity index (χ0) is 14.9. The molecule has 0 saturated carbocycles. The number of phenols is 1. The van der Waals surface area contributed by atoms with Gasteiger partial charge in [0.05, 0.1) is 12.2 Å². The van der Waals surface area contributed by atoms with Crippen LogP contribution in [0.25, 0.3) is 11.4 Å². The molecule has 0 unspecified atom stereocenters. The van der Waals surface area contributed by atoms with E-state index >= 15 is 0 Å². The molecule has 5 nitrogen and oxygen atoms in total. The highest BCUT2D eigenvalue weighted by Crippen LogP contribution is 2.29. The monoisotopic (exact) mass is 287 g/mol. The van der Waals surface area contributed by atoms with Crippen molar-refractivity contribution in [2.45, 2.75) is 39.0 Å². The Morgan fingerprint density at radius 3 is 2.52 bits per heavy atom. The summed E-state index contributed by atoms with van der Waals surface area (Å²) in [5.41, 5.74) is 0.577. The van der Waals surface area contributed by atoms with E-state index in [9.17, 15) is 5.11 Å². The van der Waals surface area contributed by atoms with E-state index in [1.54, 1.807) is 12.1 Å². The van der Waals surface area contributed by atoms with Gasteiger partial charge in [-0.2, -0.15) is 0 Å². The smallest absolute Gasteiger partial charge is 0.166 e. The van der Waals surface area contributed by atoms with E-state index in [1.165, 1.54) is 38.3 Å². The van der Waals surface area contributed by atoms with Crippen LogP contribution < -0.4 is 4.74 Å². The molecule has 0 fully saturated rings. The third-order valence-electron chi connectivity index (χ3n) is 3.22. The highest BCUT2D eigenvalue weighted by atomic mass is 16.5. The number of benzene rings is 1. The SMILES string of the molecule is CCCCCCCOc1ccc(-c2ncncn2)c(O)c1. The summed E-state index contributed by atoms with van der Waals surface area (Å²) in [6.45, 7) is 2.88. The van der Waals surface area contributed by atoms with Crippen LogP contribution in [0.3, 0.4) is 0 Å². The quantitative estimate of drug-likeness (QED) is 0.751. The summed E-state index contributed by atoms with van der Waals surface area (Å²) in [6.07, 6.45) is 8.81. The molecular weight excluding hydrogens is 266 g/mol. The third kappa shape index (κ3) is 4.70. The fourth-order valence-corrected chi connectivity index (χ4v) is 2.06. The van der Waals surface area contributed by atoms with Crippen LogP contribution in [0.15, 0.2) is 30.9 Å². The summed E-state index contributed by atoms with van der Waals surface area (Å²) in [5.74, 6) is 1.24. The van der Waals surface area contributed by atoms with E-state index in [2.05, 4.69) is 21.9 Å². The van der Waals surface area contributed by atoms with Gasteiger partial charge in [0, 0.05) is 6.07 Å². The first-order chi connectivity index (χ1) is 10.3. The normalized spacial score (nSPS) is 10.5. The lowest BCUT2D eigenvalue weighted by molar-refractivity contribution is 0.303. The van der Waals surface area contributed by atoms with Crippen molar-refractivity contribution in [3.63, 3.8) is 0 Å². The summed E-state index contributed by atoms with van der Waals surface area (Å²) in [4.78, 5) is 11.8. The Balaban J connectivity index is 1.88. The molecule has 0 aliphatic heterocycles. The molecule has 0 aliphatic carbocycles. The number of aromatic hydroxyl groups is 1. The van der Waals surface area contributed by atoms with Gasteiger partial charge in [0.2, 0.25) is 0 Å². The molecule has 0 atom stereocenters. The molecule has 5 heteroatoms. The first-order valence-electron chi connectivity index (χ1n) is 7.39. The van der Waals surface area contributed by atoms with E-state index in [0.717, 1.165) is 6.42 Å². The lowest BCUT2D eigenvalue weighted by atomic mass is 10.1. The van der Waals surface area contributed by atoms with Crippen molar-refractivity contribution in [3.8, 4) is 22.9 Å². The van der Waals surface area contributed by atoms with Crippen LogP contribution in [0.5, 0.6) is 11.5 Å². The van der Waals surface area contributed by atoms with Crippen molar-refractivity contribution in [1.29, 1.82) is 0 Å². The van der Waals surface area contributed by atoms with E-state index in [-0.39, 0.29) is 5.75 Å². The Morgan fingerprint density at radius 2 is 1.81 bits per heavy atom. The van der Waals surface area contributed by atoms with E-state index in [0.29, 0.717) is 23.7 Å². The van der Waals surface area contributed by atoms with Crippen LogP contribution in [0, 0.1) is 0 Å². The van der Waals surface area contributed by atoms with Crippen molar-refractivity contribution >= 4 is 0 Å². The van der Waals surface area contributed by atoms with Gasteiger partial charge in [-0.05, 0) is 18.6 Å². The number of nitrogens with zero attached hydrogens (tertiary/aromatic N) is 3. The topological polar surface area (TPSA) is 68.1 Å². The number of aromatic nitrogens is 3. The fourth-order valence-electron chi connectivity index (χ4n) is 2.06. The van der Waals surface area contributed by atoms with Crippen LogP contribution in [0.2, 0.25) is 0 Å². The number of ether oxygens (including phenoxy) is 1. The average molecular weight is 287 g/mol. The second-order valence-corrected chi connectivity index (χ2v) is 4.90. The minimum absolute atomic E-state index is 0.115. The Bertz CT molecular complexity index is 546. The zero-order valence-corrected chi connectivity index (χ0v) is 12.3. The molecule has 0 saturated heterocycles. The van der Waals surface area contributed by atoms with Crippen molar-refractivity contribution in [2.24, 2.45) is 0 Å². The maximum atomic E-state index is 10.0.